The fraction of sp³-hybridized carbons (Fsp3) is 0.417. The fourth-order valence-electron chi connectivity index (χ4n) is 3.33. The number of amides is 2. The highest BCUT2D eigenvalue weighted by Crippen LogP contribution is 2.33. The molecule has 2 rings (SSSR count). The summed E-state index contributed by atoms with van der Waals surface area (Å²) in [7, 11) is -2.36. The van der Waals surface area contributed by atoms with Crippen LogP contribution in [0, 0.1) is 0 Å². The van der Waals surface area contributed by atoms with Gasteiger partial charge in [-0.05, 0) is 43.2 Å². The molecule has 1 N–H and O–H groups in total. The molecule has 0 aliphatic carbocycles. The van der Waals surface area contributed by atoms with E-state index in [9.17, 15) is 18.0 Å². The van der Waals surface area contributed by atoms with Gasteiger partial charge in [-0.15, -0.1) is 0 Å². The third-order valence-electron chi connectivity index (χ3n) is 5.39. The van der Waals surface area contributed by atoms with Crippen LogP contribution in [-0.2, 0) is 26.2 Å². The molecule has 8 nitrogen and oxygen atoms in total. The molecule has 35 heavy (non-hydrogen) atoms. The minimum atomic E-state index is -3.91. The first kappa shape index (κ1) is 28.7. The van der Waals surface area contributed by atoms with Crippen LogP contribution in [-0.4, -0.2) is 57.6 Å². The number of methoxy groups -OCH3 is 1. The summed E-state index contributed by atoms with van der Waals surface area (Å²) < 4.78 is 31.3. The quantitative estimate of drug-likeness (QED) is 0.406. The van der Waals surface area contributed by atoms with Crippen LogP contribution in [0.4, 0.5) is 5.69 Å². The van der Waals surface area contributed by atoms with Crippen molar-refractivity contribution in [2.75, 3.05) is 30.8 Å². The third-order valence-corrected chi connectivity index (χ3v) is 7.32. The first-order valence-electron chi connectivity index (χ1n) is 11.1. The monoisotopic (exact) mass is 543 g/mol. The van der Waals surface area contributed by atoms with Crippen molar-refractivity contribution in [1.29, 1.82) is 0 Å². The number of hydrogen-bond acceptors (Lipinski definition) is 5. The average Bonchev–Trinajstić information content (AvgIpc) is 2.82. The van der Waals surface area contributed by atoms with E-state index in [1.165, 1.54) is 17.0 Å². The van der Waals surface area contributed by atoms with E-state index in [2.05, 4.69) is 5.32 Å². The predicted molar refractivity (Wildman–Crippen MR) is 140 cm³/mol. The normalized spacial score (nSPS) is 12.1. The van der Waals surface area contributed by atoms with Crippen LogP contribution < -0.4 is 14.4 Å². The second kappa shape index (κ2) is 13.0. The Bertz CT molecular complexity index is 1130. The fourth-order valence-corrected chi connectivity index (χ4v) is 4.63. The Hall–Kier alpha value is -2.49. The maximum atomic E-state index is 13.5. The molecule has 0 aliphatic rings. The van der Waals surface area contributed by atoms with E-state index in [0.29, 0.717) is 12.3 Å². The predicted octanol–water partition coefficient (Wildman–Crippen LogP) is 4.10. The molecule has 0 spiro atoms. The summed E-state index contributed by atoms with van der Waals surface area (Å²) in [5, 5.41) is 3.00. The van der Waals surface area contributed by atoms with Crippen molar-refractivity contribution in [3.8, 4) is 5.75 Å². The van der Waals surface area contributed by atoms with Crippen molar-refractivity contribution in [3.63, 3.8) is 0 Å². The topological polar surface area (TPSA) is 96.0 Å². The van der Waals surface area contributed by atoms with Crippen molar-refractivity contribution in [3.05, 3.63) is 58.1 Å². The number of hydrogen-bond donors (Lipinski definition) is 1. The molecule has 0 radical (unpaired) electrons. The summed E-state index contributed by atoms with van der Waals surface area (Å²) in [5.74, 6) is -0.247. The molecule has 1 atom stereocenters. The summed E-state index contributed by atoms with van der Waals surface area (Å²) in [5.41, 5.74) is 0.832. The Labute approximate surface area is 217 Å². The lowest BCUT2D eigenvalue weighted by molar-refractivity contribution is -0.139. The minimum absolute atomic E-state index is 0.0134. The van der Waals surface area contributed by atoms with Crippen LogP contribution in [0.1, 0.15) is 32.3 Å². The molecular weight excluding hydrogens is 513 g/mol. The lowest BCUT2D eigenvalue weighted by atomic mass is 10.1. The average molecular weight is 545 g/mol. The number of carbonyl (C=O) groups excluding carboxylic acids is 2. The van der Waals surface area contributed by atoms with Crippen molar-refractivity contribution in [2.45, 2.75) is 39.3 Å². The van der Waals surface area contributed by atoms with Crippen LogP contribution >= 0.6 is 23.2 Å². The number of nitrogens with one attached hydrogen (secondary N) is 1. The van der Waals surface area contributed by atoms with Gasteiger partial charge in [0.2, 0.25) is 21.8 Å². The molecule has 0 unspecified atom stereocenters. The Morgan fingerprint density at radius 3 is 2.34 bits per heavy atom. The molecule has 11 heteroatoms. The first-order valence-corrected chi connectivity index (χ1v) is 13.7. The molecule has 0 aromatic heterocycles. The van der Waals surface area contributed by atoms with E-state index >= 15 is 0 Å². The van der Waals surface area contributed by atoms with Crippen LogP contribution in [0.3, 0.4) is 0 Å². The summed E-state index contributed by atoms with van der Waals surface area (Å²) in [6.45, 7) is 3.64. The van der Waals surface area contributed by atoms with Gasteiger partial charge in [0.1, 0.15) is 18.3 Å². The molecule has 192 valence electrons. The lowest BCUT2D eigenvalue weighted by Crippen LogP contribution is -2.51. The van der Waals surface area contributed by atoms with Gasteiger partial charge in [0.25, 0.3) is 0 Å². The summed E-state index contributed by atoms with van der Waals surface area (Å²) in [6.07, 6.45) is 2.69. The number of nitrogens with zero attached hydrogens (tertiary/aromatic N) is 2. The number of sulfonamides is 1. The van der Waals surface area contributed by atoms with E-state index in [4.69, 9.17) is 27.9 Å². The van der Waals surface area contributed by atoms with Gasteiger partial charge in [0.15, 0.2) is 0 Å². The smallest absolute Gasteiger partial charge is 0.244 e. The van der Waals surface area contributed by atoms with Crippen molar-refractivity contribution in [2.24, 2.45) is 0 Å². The second-order valence-corrected chi connectivity index (χ2v) is 10.7. The standard InChI is InChI=1S/C24H31Cl2N3O5S/c1-5-6-14-27-24(31)17(2)28(15-18-10-12-19(34-3)13-11-18)22(30)16-29(35(4,32)33)21-9-7-8-20(25)23(21)26/h7-13,17H,5-6,14-16H2,1-4H3,(H,27,31)/t17-/m0/s1. The van der Waals surface area contributed by atoms with Crippen LogP contribution in [0.2, 0.25) is 10.0 Å². The summed E-state index contributed by atoms with van der Waals surface area (Å²) >= 11 is 12.3. The molecule has 2 aromatic rings. The molecule has 2 amide bonds. The number of halogens is 2. The SMILES string of the molecule is CCCCNC(=O)[C@H](C)N(Cc1ccc(OC)cc1)C(=O)CN(c1cccc(Cl)c1Cl)S(C)(=O)=O. The van der Waals surface area contributed by atoms with Crippen LogP contribution in [0.5, 0.6) is 5.75 Å². The molecule has 0 fully saturated rings. The molecule has 0 bridgehead atoms. The zero-order chi connectivity index (χ0) is 26.2. The van der Waals surface area contributed by atoms with Gasteiger partial charge >= 0.3 is 0 Å². The Kier molecular flexibility index (Phi) is 10.7. The van der Waals surface area contributed by atoms with Gasteiger partial charge in [-0.1, -0.05) is 54.7 Å². The second-order valence-electron chi connectivity index (χ2n) is 8.03. The number of anilines is 1. The zero-order valence-electron chi connectivity index (χ0n) is 20.3. The zero-order valence-corrected chi connectivity index (χ0v) is 22.6. The largest absolute Gasteiger partial charge is 0.497 e. The van der Waals surface area contributed by atoms with E-state index in [1.54, 1.807) is 44.4 Å². The number of ether oxygens (including phenoxy) is 1. The third kappa shape index (κ3) is 8.02. The first-order chi connectivity index (χ1) is 16.5. The van der Waals surface area contributed by atoms with Gasteiger partial charge in [-0.25, -0.2) is 8.42 Å². The minimum Gasteiger partial charge on any atom is -0.497 e. The molecule has 0 aliphatic heterocycles. The highest BCUT2D eigenvalue weighted by atomic mass is 35.5. The van der Waals surface area contributed by atoms with E-state index in [-0.39, 0.29) is 28.2 Å². The van der Waals surface area contributed by atoms with Crippen LogP contribution in [0.25, 0.3) is 0 Å². The van der Waals surface area contributed by atoms with Crippen LogP contribution in [0.15, 0.2) is 42.5 Å². The summed E-state index contributed by atoms with van der Waals surface area (Å²) in [4.78, 5) is 27.7. The highest BCUT2D eigenvalue weighted by Gasteiger charge is 2.31. The van der Waals surface area contributed by atoms with Gasteiger partial charge in [0.05, 0.1) is 29.1 Å². The maximum absolute atomic E-state index is 13.5. The number of rotatable bonds is 12. The van der Waals surface area contributed by atoms with E-state index < -0.39 is 28.5 Å². The molecular formula is C24H31Cl2N3O5S. The van der Waals surface area contributed by atoms with Gasteiger partial charge in [0, 0.05) is 13.1 Å². The Balaban J connectivity index is 2.38. The van der Waals surface area contributed by atoms with Crippen molar-refractivity contribution < 1.29 is 22.7 Å². The van der Waals surface area contributed by atoms with Gasteiger partial charge in [-0.2, -0.15) is 0 Å². The highest BCUT2D eigenvalue weighted by molar-refractivity contribution is 7.92. The Morgan fingerprint density at radius 1 is 1.11 bits per heavy atom. The number of unbranched alkanes of at least 4 members (excludes halogenated alkanes) is 1. The summed E-state index contributed by atoms with van der Waals surface area (Å²) in [6, 6.07) is 10.7. The number of benzene rings is 2. The van der Waals surface area contributed by atoms with E-state index in [0.717, 1.165) is 29.0 Å². The van der Waals surface area contributed by atoms with E-state index in [1.807, 2.05) is 6.92 Å². The molecule has 0 heterocycles. The molecule has 0 saturated heterocycles. The van der Waals surface area contributed by atoms with Crippen molar-refractivity contribution >= 4 is 50.7 Å². The Morgan fingerprint density at radius 2 is 1.77 bits per heavy atom. The van der Waals surface area contributed by atoms with Gasteiger partial charge in [-0.3, -0.25) is 13.9 Å². The number of carbonyl (C=O) groups is 2. The lowest BCUT2D eigenvalue weighted by Gasteiger charge is -2.31. The molecule has 2 aromatic carbocycles. The van der Waals surface area contributed by atoms with Gasteiger partial charge < -0.3 is 15.0 Å². The molecule has 0 saturated carbocycles. The van der Waals surface area contributed by atoms with Crippen molar-refractivity contribution in [1.82, 2.24) is 10.2 Å². The maximum Gasteiger partial charge on any atom is 0.244 e.